The molecule has 0 amide bonds. The molecule has 0 atom stereocenters. The monoisotopic (exact) mass is 383 g/mol. The second kappa shape index (κ2) is 6.37. The summed E-state index contributed by atoms with van der Waals surface area (Å²) in [5, 5.41) is 3.10. The summed E-state index contributed by atoms with van der Waals surface area (Å²) in [6.45, 7) is 0.626. The Bertz CT molecular complexity index is 598. The number of hydrogen-bond donors (Lipinski definition) is 1. The van der Waals surface area contributed by atoms with Crippen LogP contribution in [0.5, 0.6) is 0 Å². The van der Waals surface area contributed by atoms with E-state index >= 15 is 0 Å². The normalized spacial score (nSPS) is 11.7. The van der Waals surface area contributed by atoms with E-state index in [1.165, 1.54) is 17.4 Å². The topological polar surface area (TPSA) is 12.0 Å². The van der Waals surface area contributed by atoms with E-state index in [4.69, 9.17) is 11.6 Å². The van der Waals surface area contributed by atoms with Crippen molar-refractivity contribution in [3.63, 3.8) is 0 Å². The molecular formula is C13H10BrClF3NS. The lowest BCUT2D eigenvalue weighted by Crippen LogP contribution is -2.07. The molecule has 108 valence electrons. The number of thiophene rings is 1. The first-order chi connectivity index (χ1) is 9.36. The average Bonchev–Trinajstić information content (AvgIpc) is 2.76. The second-order valence-electron chi connectivity index (χ2n) is 4.07. The molecule has 0 aliphatic carbocycles. The van der Waals surface area contributed by atoms with Gasteiger partial charge in [-0.2, -0.15) is 13.2 Å². The van der Waals surface area contributed by atoms with Gasteiger partial charge < -0.3 is 5.32 Å². The molecule has 0 aliphatic rings. The van der Waals surface area contributed by atoms with E-state index in [1.54, 1.807) is 0 Å². The van der Waals surface area contributed by atoms with Crippen LogP contribution < -0.4 is 5.32 Å². The molecule has 0 saturated heterocycles. The van der Waals surface area contributed by atoms with Gasteiger partial charge in [-0.3, -0.25) is 0 Å². The van der Waals surface area contributed by atoms with Gasteiger partial charge in [0.15, 0.2) is 0 Å². The van der Waals surface area contributed by atoms with Crippen molar-refractivity contribution in [3.05, 3.63) is 49.6 Å². The van der Waals surface area contributed by atoms with Crippen molar-refractivity contribution in [2.24, 2.45) is 0 Å². The number of alkyl halides is 3. The summed E-state index contributed by atoms with van der Waals surface area (Å²) >= 11 is 10.5. The van der Waals surface area contributed by atoms with Crippen LogP contribution in [0, 0.1) is 0 Å². The molecule has 1 heterocycles. The number of hydrogen-bond acceptors (Lipinski definition) is 2. The number of anilines is 1. The molecule has 2 aromatic rings. The molecule has 7 heteroatoms. The van der Waals surface area contributed by atoms with Crippen molar-refractivity contribution in [2.75, 3.05) is 11.9 Å². The minimum absolute atomic E-state index is 0.400. The molecule has 1 N–H and O–H groups in total. The maximum atomic E-state index is 12.5. The highest BCUT2D eigenvalue weighted by Crippen LogP contribution is 2.34. The molecule has 0 radical (unpaired) electrons. The zero-order valence-electron chi connectivity index (χ0n) is 10.1. The minimum Gasteiger partial charge on any atom is -0.384 e. The Morgan fingerprint density at radius 3 is 2.50 bits per heavy atom. The van der Waals surface area contributed by atoms with Gasteiger partial charge in [-0.1, -0.05) is 11.6 Å². The fourth-order valence-electron chi connectivity index (χ4n) is 1.64. The largest absolute Gasteiger partial charge is 0.416 e. The summed E-state index contributed by atoms with van der Waals surface area (Å²) in [6.07, 6.45) is -3.56. The highest BCUT2D eigenvalue weighted by atomic mass is 79.9. The summed E-state index contributed by atoms with van der Waals surface area (Å²) in [5.41, 5.74) is -0.0272. The maximum Gasteiger partial charge on any atom is 0.416 e. The SMILES string of the molecule is FC(F)(F)c1ccc(NCCc2ccc(Cl)s2)c(Br)c1. The van der Waals surface area contributed by atoms with E-state index in [9.17, 15) is 13.2 Å². The van der Waals surface area contributed by atoms with Gasteiger partial charge >= 0.3 is 6.18 Å². The number of benzene rings is 1. The molecule has 0 fully saturated rings. The Kier molecular flexibility index (Phi) is 4.99. The van der Waals surface area contributed by atoms with Gasteiger partial charge in [0, 0.05) is 21.6 Å². The van der Waals surface area contributed by atoms with Crippen LogP contribution in [0.3, 0.4) is 0 Å². The average molecular weight is 385 g/mol. The first-order valence-electron chi connectivity index (χ1n) is 5.71. The molecule has 0 aliphatic heterocycles. The van der Waals surface area contributed by atoms with E-state index in [1.807, 2.05) is 12.1 Å². The molecular weight excluding hydrogens is 375 g/mol. The van der Waals surface area contributed by atoms with E-state index in [-0.39, 0.29) is 0 Å². The predicted octanol–water partition coefficient (Wildman–Crippen LogP) is 5.84. The molecule has 20 heavy (non-hydrogen) atoms. The number of halogens is 5. The smallest absolute Gasteiger partial charge is 0.384 e. The predicted molar refractivity (Wildman–Crippen MR) is 80.7 cm³/mol. The first-order valence-corrected chi connectivity index (χ1v) is 7.70. The molecule has 0 bridgehead atoms. The van der Waals surface area contributed by atoms with Crippen LogP contribution in [-0.4, -0.2) is 6.54 Å². The van der Waals surface area contributed by atoms with E-state index in [0.717, 1.165) is 27.8 Å². The van der Waals surface area contributed by atoms with E-state index in [2.05, 4.69) is 21.2 Å². The lowest BCUT2D eigenvalue weighted by molar-refractivity contribution is -0.137. The summed E-state index contributed by atoms with van der Waals surface area (Å²) in [5.74, 6) is 0. The molecule has 1 aromatic carbocycles. The van der Waals surface area contributed by atoms with Crippen molar-refractivity contribution < 1.29 is 13.2 Å². The van der Waals surface area contributed by atoms with Gasteiger partial charge in [-0.25, -0.2) is 0 Å². The van der Waals surface area contributed by atoms with E-state index < -0.39 is 11.7 Å². The Morgan fingerprint density at radius 2 is 1.95 bits per heavy atom. The van der Waals surface area contributed by atoms with Gasteiger partial charge in [-0.15, -0.1) is 11.3 Å². The summed E-state index contributed by atoms with van der Waals surface area (Å²) in [6, 6.07) is 7.33. The van der Waals surface area contributed by atoms with Gasteiger partial charge in [0.2, 0.25) is 0 Å². The van der Waals surface area contributed by atoms with Gasteiger partial charge in [-0.05, 0) is 52.7 Å². The molecule has 0 saturated carbocycles. The van der Waals surface area contributed by atoms with Gasteiger partial charge in [0.1, 0.15) is 0 Å². The third-order valence-electron chi connectivity index (χ3n) is 2.61. The highest BCUT2D eigenvalue weighted by molar-refractivity contribution is 9.10. The molecule has 0 spiro atoms. The van der Waals surface area contributed by atoms with Crippen LogP contribution in [0.25, 0.3) is 0 Å². The number of rotatable bonds is 4. The van der Waals surface area contributed by atoms with Crippen molar-refractivity contribution in [1.29, 1.82) is 0 Å². The Hall–Kier alpha value is -0.720. The standard InChI is InChI=1S/C13H10BrClF3NS/c14-10-7-8(13(16,17)18)1-3-11(10)19-6-5-9-2-4-12(15)20-9/h1-4,7,19H,5-6H2. The highest BCUT2D eigenvalue weighted by Gasteiger charge is 2.30. The molecule has 2 rings (SSSR count). The maximum absolute atomic E-state index is 12.5. The number of nitrogens with one attached hydrogen (secondary N) is 1. The Labute approximate surface area is 131 Å². The summed E-state index contributed by atoms with van der Waals surface area (Å²) in [7, 11) is 0. The quantitative estimate of drug-likeness (QED) is 0.698. The zero-order chi connectivity index (χ0) is 14.8. The third-order valence-corrected chi connectivity index (χ3v) is 4.56. The third kappa shape index (κ3) is 4.14. The van der Waals surface area contributed by atoms with Crippen molar-refractivity contribution >= 4 is 44.6 Å². The second-order valence-corrected chi connectivity index (χ2v) is 6.73. The molecule has 0 unspecified atom stereocenters. The summed E-state index contributed by atoms with van der Waals surface area (Å²) < 4.78 is 38.7. The van der Waals surface area contributed by atoms with Crippen LogP contribution in [0.1, 0.15) is 10.4 Å². The van der Waals surface area contributed by atoms with Crippen molar-refractivity contribution in [1.82, 2.24) is 0 Å². The fourth-order valence-corrected chi connectivity index (χ4v) is 3.25. The van der Waals surface area contributed by atoms with Crippen molar-refractivity contribution in [2.45, 2.75) is 12.6 Å². The van der Waals surface area contributed by atoms with Crippen LogP contribution in [0.4, 0.5) is 18.9 Å². The molecule has 1 nitrogen and oxygen atoms in total. The Balaban J connectivity index is 1.96. The lowest BCUT2D eigenvalue weighted by atomic mass is 10.2. The van der Waals surface area contributed by atoms with Crippen LogP contribution in [0.2, 0.25) is 4.34 Å². The fraction of sp³-hybridized carbons (Fsp3) is 0.231. The Morgan fingerprint density at radius 1 is 1.20 bits per heavy atom. The van der Waals surface area contributed by atoms with Crippen LogP contribution in [-0.2, 0) is 12.6 Å². The van der Waals surface area contributed by atoms with Crippen LogP contribution >= 0.6 is 38.9 Å². The van der Waals surface area contributed by atoms with Crippen LogP contribution in [0.15, 0.2) is 34.8 Å². The first kappa shape index (κ1) is 15.7. The van der Waals surface area contributed by atoms with Gasteiger partial charge in [0.05, 0.1) is 9.90 Å². The van der Waals surface area contributed by atoms with Crippen molar-refractivity contribution in [3.8, 4) is 0 Å². The summed E-state index contributed by atoms with van der Waals surface area (Å²) in [4.78, 5) is 1.13. The molecule has 1 aromatic heterocycles. The van der Waals surface area contributed by atoms with E-state index in [0.29, 0.717) is 16.7 Å². The minimum atomic E-state index is -4.32. The van der Waals surface area contributed by atoms with Gasteiger partial charge in [0.25, 0.3) is 0 Å². The lowest BCUT2D eigenvalue weighted by Gasteiger charge is -2.11. The zero-order valence-corrected chi connectivity index (χ0v) is 13.3.